The van der Waals surface area contributed by atoms with Crippen LogP contribution in [0.25, 0.3) is 10.9 Å². The number of nitrogens with two attached hydrogens (primary N) is 1. The number of aromatic nitrogens is 1. The van der Waals surface area contributed by atoms with Crippen LogP contribution in [0.5, 0.6) is 0 Å². The molecule has 3 nitrogen and oxygen atoms in total. The fourth-order valence-corrected chi connectivity index (χ4v) is 1.42. The molecule has 1 aromatic carbocycles. The van der Waals surface area contributed by atoms with Gasteiger partial charge in [0.1, 0.15) is 11.5 Å². The highest BCUT2D eigenvalue weighted by Crippen LogP contribution is 2.23. The Hall–Kier alpha value is -1.55. The Morgan fingerprint density at radius 3 is 2.79 bits per heavy atom. The summed E-state index contributed by atoms with van der Waals surface area (Å²) < 4.78 is 13.0. The topological polar surface area (TPSA) is 58.9 Å². The van der Waals surface area contributed by atoms with Crippen LogP contribution in [0.2, 0.25) is 5.02 Å². The second-order valence-corrected chi connectivity index (χ2v) is 3.31. The van der Waals surface area contributed by atoms with Crippen molar-refractivity contribution in [2.45, 2.75) is 0 Å². The predicted molar refractivity (Wildman–Crippen MR) is 51.8 cm³/mol. The van der Waals surface area contributed by atoms with Crippen molar-refractivity contribution in [1.29, 1.82) is 0 Å². The molecule has 1 heterocycles. The smallest absolute Gasteiger partial charge is 0.265 e. The molecule has 0 atom stereocenters. The molecule has 1 amide bonds. The maximum Gasteiger partial charge on any atom is 0.265 e. The minimum absolute atomic E-state index is 0.00960. The monoisotopic (exact) mass is 212 g/mol. The van der Waals surface area contributed by atoms with Gasteiger partial charge in [-0.25, -0.2) is 4.39 Å². The van der Waals surface area contributed by atoms with Crippen molar-refractivity contribution in [1.82, 2.24) is 4.98 Å². The van der Waals surface area contributed by atoms with Gasteiger partial charge in [-0.1, -0.05) is 11.6 Å². The Kier molecular flexibility index (Phi) is 1.93. The molecular formula is C9H6ClFN2O. The summed E-state index contributed by atoms with van der Waals surface area (Å²) in [5.74, 6) is -1.10. The van der Waals surface area contributed by atoms with Crippen molar-refractivity contribution in [2.24, 2.45) is 5.73 Å². The Morgan fingerprint density at radius 1 is 1.43 bits per heavy atom. The number of halogens is 2. The van der Waals surface area contributed by atoms with Crippen LogP contribution in [0.4, 0.5) is 4.39 Å². The Labute approximate surface area is 83.7 Å². The van der Waals surface area contributed by atoms with Crippen LogP contribution < -0.4 is 5.73 Å². The van der Waals surface area contributed by atoms with E-state index in [0.717, 1.165) is 0 Å². The first-order chi connectivity index (χ1) is 6.58. The van der Waals surface area contributed by atoms with Crippen molar-refractivity contribution in [3.8, 4) is 0 Å². The summed E-state index contributed by atoms with van der Waals surface area (Å²) in [6.07, 6.45) is 0. The van der Waals surface area contributed by atoms with Crippen LogP contribution >= 0.6 is 11.6 Å². The number of fused-ring (bicyclic) bond motifs is 1. The first kappa shape index (κ1) is 9.02. The van der Waals surface area contributed by atoms with E-state index in [-0.39, 0.29) is 10.7 Å². The molecule has 1 aromatic heterocycles. The normalized spacial score (nSPS) is 10.7. The van der Waals surface area contributed by atoms with E-state index in [0.29, 0.717) is 10.9 Å². The van der Waals surface area contributed by atoms with Gasteiger partial charge in [-0.2, -0.15) is 0 Å². The van der Waals surface area contributed by atoms with Gasteiger partial charge in [0.25, 0.3) is 5.91 Å². The zero-order valence-electron chi connectivity index (χ0n) is 6.97. The van der Waals surface area contributed by atoms with Gasteiger partial charge in [0.2, 0.25) is 0 Å². The fourth-order valence-electron chi connectivity index (χ4n) is 1.26. The number of carbonyl (C=O) groups excluding carboxylic acids is 1. The average molecular weight is 213 g/mol. The zero-order chi connectivity index (χ0) is 10.3. The maximum absolute atomic E-state index is 13.0. The largest absolute Gasteiger partial charge is 0.364 e. The molecule has 2 aromatic rings. The number of rotatable bonds is 1. The van der Waals surface area contributed by atoms with E-state index in [2.05, 4.69) is 4.98 Å². The third-order valence-electron chi connectivity index (χ3n) is 1.93. The number of hydrogen-bond donors (Lipinski definition) is 2. The second kappa shape index (κ2) is 2.99. The summed E-state index contributed by atoms with van der Waals surface area (Å²) >= 11 is 5.57. The van der Waals surface area contributed by atoms with Crippen LogP contribution in [-0.2, 0) is 0 Å². The fraction of sp³-hybridized carbons (Fsp3) is 0. The van der Waals surface area contributed by atoms with Gasteiger partial charge in [0, 0.05) is 10.9 Å². The molecule has 0 aliphatic heterocycles. The van der Waals surface area contributed by atoms with Gasteiger partial charge < -0.3 is 10.7 Å². The first-order valence-electron chi connectivity index (χ1n) is 3.85. The molecule has 0 unspecified atom stereocenters. The highest BCUT2D eigenvalue weighted by atomic mass is 35.5. The SMILES string of the molecule is NC(=O)c1cc2cc(F)c(Cl)cc2[nH]1. The number of hydrogen-bond acceptors (Lipinski definition) is 1. The Balaban J connectivity index is 2.72. The summed E-state index contributed by atoms with van der Waals surface area (Å²) in [6.45, 7) is 0. The zero-order valence-corrected chi connectivity index (χ0v) is 7.73. The molecule has 0 fully saturated rings. The molecule has 3 N–H and O–H groups in total. The van der Waals surface area contributed by atoms with Gasteiger partial charge >= 0.3 is 0 Å². The third-order valence-corrected chi connectivity index (χ3v) is 2.22. The van der Waals surface area contributed by atoms with E-state index >= 15 is 0 Å². The van der Waals surface area contributed by atoms with Crippen molar-refractivity contribution in [3.63, 3.8) is 0 Å². The molecule has 2 rings (SSSR count). The van der Waals surface area contributed by atoms with Crippen molar-refractivity contribution in [2.75, 3.05) is 0 Å². The van der Waals surface area contributed by atoms with E-state index in [1.807, 2.05) is 0 Å². The summed E-state index contributed by atoms with van der Waals surface area (Å²) in [5.41, 5.74) is 5.88. The Morgan fingerprint density at radius 2 is 2.14 bits per heavy atom. The summed E-state index contributed by atoms with van der Waals surface area (Å²) in [7, 11) is 0. The molecule has 14 heavy (non-hydrogen) atoms. The number of aromatic amines is 1. The standard InChI is InChI=1S/C9H6ClFN2O/c10-5-3-7-4(1-6(5)11)2-8(13-7)9(12)14/h1-3,13H,(H2,12,14). The van der Waals surface area contributed by atoms with Gasteiger partial charge in [0.05, 0.1) is 5.02 Å². The van der Waals surface area contributed by atoms with Gasteiger partial charge in [0.15, 0.2) is 0 Å². The molecule has 0 radical (unpaired) electrons. The lowest BCUT2D eigenvalue weighted by Crippen LogP contribution is -2.10. The summed E-state index contributed by atoms with van der Waals surface area (Å²) in [6, 6.07) is 4.15. The van der Waals surface area contributed by atoms with Crippen molar-refractivity contribution >= 4 is 28.4 Å². The van der Waals surface area contributed by atoms with Crippen LogP contribution in [-0.4, -0.2) is 10.9 Å². The number of H-pyrrole nitrogens is 1. The molecule has 0 spiro atoms. The number of amides is 1. The Bertz CT molecular complexity index is 482. The molecule has 0 aliphatic carbocycles. The van der Waals surface area contributed by atoms with E-state index < -0.39 is 11.7 Å². The number of nitrogens with one attached hydrogen (secondary N) is 1. The van der Waals surface area contributed by atoms with Crippen molar-refractivity contribution in [3.05, 3.63) is 34.7 Å². The van der Waals surface area contributed by atoms with Gasteiger partial charge in [-0.05, 0) is 18.2 Å². The lowest BCUT2D eigenvalue weighted by atomic mass is 10.2. The minimum atomic E-state index is -0.585. The highest BCUT2D eigenvalue weighted by Gasteiger charge is 2.08. The highest BCUT2D eigenvalue weighted by molar-refractivity contribution is 6.31. The van der Waals surface area contributed by atoms with Crippen molar-refractivity contribution < 1.29 is 9.18 Å². The van der Waals surface area contributed by atoms with Crippen LogP contribution in [0.15, 0.2) is 18.2 Å². The second-order valence-electron chi connectivity index (χ2n) is 2.90. The first-order valence-corrected chi connectivity index (χ1v) is 4.23. The maximum atomic E-state index is 13.0. The van der Waals surface area contributed by atoms with Gasteiger partial charge in [-0.15, -0.1) is 0 Å². The average Bonchev–Trinajstić information content (AvgIpc) is 2.48. The lowest BCUT2D eigenvalue weighted by Gasteiger charge is -1.93. The third kappa shape index (κ3) is 1.33. The predicted octanol–water partition coefficient (Wildman–Crippen LogP) is 2.06. The quantitative estimate of drug-likeness (QED) is 0.747. The molecule has 0 bridgehead atoms. The number of carbonyl (C=O) groups is 1. The van der Waals surface area contributed by atoms with E-state index in [1.165, 1.54) is 18.2 Å². The van der Waals surface area contributed by atoms with E-state index in [1.54, 1.807) is 0 Å². The van der Waals surface area contributed by atoms with Crippen LogP contribution in [0.1, 0.15) is 10.5 Å². The lowest BCUT2D eigenvalue weighted by molar-refractivity contribution is 0.0996. The van der Waals surface area contributed by atoms with Crippen LogP contribution in [0.3, 0.4) is 0 Å². The molecule has 0 saturated heterocycles. The van der Waals surface area contributed by atoms with Crippen LogP contribution in [0, 0.1) is 5.82 Å². The molecule has 0 aliphatic rings. The van der Waals surface area contributed by atoms with E-state index in [4.69, 9.17) is 17.3 Å². The minimum Gasteiger partial charge on any atom is -0.364 e. The number of primary amides is 1. The summed E-state index contributed by atoms with van der Waals surface area (Å²) in [5, 5.41) is 0.580. The van der Waals surface area contributed by atoms with Gasteiger partial charge in [-0.3, -0.25) is 4.79 Å². The molecule has 5 heteroatoms. The molecule has 72 valence electrons. The number of benzene rings is 1. The van der Waals surface area contributed by atoms with E-state index in [9.17, 15) is 9.18 Å². The summed E-state index contributed by atoms with van der Waals surface area (Å²) in [4.78, 5) is 13.5. The molecule has 0 saturated carbocycles. The molecular weight excluding hydrogens is 207 g/mol.